The Bertz CT molecular complexity index is 627. The average Bonchev–Trinajstić information content (AvgIpc) is 2.47. The first-order chi connectivity index (χ1) is 10.1. The molecule has 0 saturated heterocycles. The van der Waals surface area contributed by atoms with Gasteiger partial charge in [0.25, 0.3) is 0 Å². The van der Waals surface area contributed by atoms with Gasteiger partial charge in [-0.25, -0.2) is 9.97 Å². The van der Waals surface area contributed by atoms with Crippen LogP contribution in [0, 0.1) is 3.57 Å². The zero-order valence-corrected chi connectivity index (χ0v) is 15.6. The van der Waals surface area contributed by atoms with E-state index in [1.54, 1.807) is 12.1 Å². The Hall–Kier alpha value is -0.590. The highest BCUT2D eigenvalue weighted by Gasteiger charge is 2.16. The second-order valence-electron chi connectivity index (χ2n) is 4.53. The third-order valence-electron chi connectivity index (χ3n) is 2.98. The normalized spacial score (nSPS) is 10.7. The van der Waals surface area contributed by atoms with Crippen LogP contribution in [0.5, 0.6) is 0 Å². The third-order valence-corrected chi connectivity index (χ3v) is 4.75. The summed E-state index contributed by atoms with van der Waals surface area (Å²) in [5.41, 5.74) is 1.68. The number of rotatable bonds is 5. The molecular formula is C15H16Cl2IN3. The Morgan fingerprint density at radius 2 is 1.81 bits per heavy atom. The summed E-state index contributed by atoms with van der Waals surface area (Å²) < 4.78 is 1.05. The molecule has 0 atom stereocenters. The fourth-order valence-electron chi connectivity index (χ4n) is 1.91. The summed E-state index contributed by atoms with van der Waals surface area (Å²) in [6.45, 7) is 5.06. The third kappa shape index (κ3) is 3.79. The molecule has 1 N–H and O–H groups in total. The minimum absolute atomic E-state index is 0.562. The maximum atomic E-state index is 6.27. The van der Waals surface area contributed by atoms with Crippen molar-refractivity contribution >= 4 is 51.6 Å². The molecule has 0 saturated carbocycles. The molecule has 112 valence electrons. The predicted molar refractivity (Wildman–Crippen MR) is 98.4 cm³/mol. The lowest BCUT2D eigenvalue weighted by Gasteiger charge is -2.13. The fourth-order valence-corrected chi connectivity index (χ4v) is 3.29. The van der Waals surface area contributed by atoms with Crippen LogP contribution in [0.4, 0.5) is 5.82 Å². The number of hydrogen-bond donors (Lipinski definition) is 1. The van der Waals surface area contributed by atoms with Gasteiger partial charge in [-0.15, -0.1) is 0 Å². The second kappa shape index (κ2) is 7.61. The van der Waals surface area contributed by atoms with E-state index in [1.165, 1.54) is 0 Å². The number of hydrogen-bond acceptors (Lipinski definition) is 3. The van der Waals surface area contributed by atoms with E-state index < -0.39 is 0 Å². The number of nitrogens with zero attached hydrogens (tertiary/aromatic N) is 2. The zero-order valence-electron chi connectivity index (χ0n) is 11.9. The quantitative estimate of drug-likeness (QED) is 0.635. The summed E-state index contributed by atoms with van der Waals surface area (Å²) >= 11 is 14.8. The molecule has 0 bridgehead atoms. The van der Waals surface area contributed by atoms with Gasteiger partial charge in [0, 0.05) is 6.54 Å². The van der Waals surface area contributed by atoms with Crippen molar-refractivity contribution in [2.75, 3.05) is 11.9 Å². The minimum atomic E-state index is 0.562. The SMILES string of the molecule is CCCNc1nc(-c2c(Cl)cccc2Cl)nc(CC)c1I. The number of aromatic nitrogens is 2. The maximum Gasteiger partial charge on any atom is 0.164 e. The molecule has 1 aromatic heterocycles. The maximum absolute atomic E-state index is 6.27. The molecule has 1 aromatic carbocycles. The number of benzene rings is 1. The van der Waals surface area contributed by atoms with Crippen molar-refractivity contribution in [1.82, 2.24) is 9.97 Å². The lowest BCUT2D eigenvalue weighted by atomic mass is 10.2. The molecule has 0 fully saturated rings. The molecule has 21 heavy (non-hydrogen) atoms. The molecule has 6 heteroatoms. The van der Waals surface area contributed by atoms with Crippen molar-refractivity contribution in [3.8, 4) is 11.4 Å². The Morgan fingerprint density at radius 3 is 2.38 bits per heavy atom. The van der Waals surface area contributed by atoms with E-state index >= 15 is 0 Å². The molecule has 0 spiro atoms. The molecule has 3 nitrogen and oxygen atoms in total. The minimum Gasteiger partial charge on any atom is -0.369 e. The van der Waals surface area contributed by atoms with Gasteiger partial charge < -0.3 is 5.32 Å². The van der Waals surface area contributed by atoms with Gasteiger partial charge in [0.2, 0.25) is 0 Å². The summed E-state index contributed by atoms with van der Waals surface area (Å²) in [5.74, 6) is 1.41. The van der Waals surface area contributed by atoms with Crippen molar-refractivity contribution < 1.29 is 0 Å². The Labute approximate surface area is 148 Å². The van der Waals surface area contributed by atoms with Gasteiger partial charge in [-0.2, -0.15) is 0 Å². The number of nitrogens with one attached hydrogen (secondary N) is 1. The van der Waals surface area contributed by atoms with Crippen molar-refractivity contribution in [3.05, 3.63) is 37.5 Å². The van der Waals surface area contributed by atoms with Crippen LogP contribution < -0.4 is 5.32 Å². The molecule has 2 rings (SSSR count). The first kappa shape index (κ1) is 16.8. The van der Waals surface area contributed by atoms with E-state index in [0.29, 0.717) is 21.4 Å². The van der Waals surface area contributed by atoms with Crippen LogP contribution in [0.25, 0.3) is 11.4 Å². The highest BCUT2D eigenvalue weighted by atomic mass is 127. The van der Waals surface area contributed by atoms with Gasteiger partial charge in [0.05, 0.1) is 24.9 Å². The van der Waals surface area contributed by atoms with Gasteiger partial charge in [-0.05, 0) is 47.6 Å². The average molecular weight is 436 g/mol. The van der Waals surface area contributed by atoms with Crippen LogP contribution >= 0.6 is 45.8 Å². The number of anilines is 1. The fraction of sp³-hybridized carbons (Fsp3) is 0.333. The lowest BCUT2D eigenvalue weighted by molar-refractivity contribution is 0.943. The molecule has 0 radical (unpaired) electrons. The molecule has 0 aliphatic rings. The standard InChI is InChI=1S/C15H16Cl2IN3/c1-3-8-19-15-13(18)11(4-2)20-14(21-15)12-9(16)6-5-7-10(12)17/h5-7H,3-4,8H2,1-2H3,(H,19,20,21). The molecule has 0 amide bonds. The van der Waals surface area contributed by atoms with Crippen molar-refractivity contribution in [3.63, 3.8) is 0 Å². The molecule has 0 aliphatic carbocycles. The number of halogens is 3. The van der Waals surface area contributed by atoms with Crippen LogP contribution in [0.3, 0.4) is 0 Å². The van der Waals surface area contributed by atoms with E-state index in [-0.39, 0.29) is 0 Å². The summed E-state index contributed by atoms with van der Waals surface area (Å²) in [4.78, 5) is 9.24. The molecule has 0 unspecified atom stereocenters. The van der Waals surface area contributed by atoms with E-state index in [1.807, 2.05) is 6.07 Å². The van der Waals surface area contributed by atoms with Crippen LogP contribution in [-0.4, -0.2) is 16.5 Å². The van der Waals surface area contributed by atoms with Crippen LogP contribution in [0.15, 0.2) is 18.2 Å². The summed E-state index contributed by atoms with van der Waals surface area (Å²) in [6.07, 6.45) is 1.86. The predicted octanol–water partition coefficient (Wildman–Crippen LogP) is 5.44. The van der Waals surface area contributed by atoms with Crippen LogP contribution in [-0.2, 0) is 6.42 Å². The Morgan fingerprint density at radius 1 is 1.14 bits per heavy atom. The molecule has 2 aromatic rings. The van der Waals surface area contributed by atoms with E-state index in [4.69, 9.17) is 23.2 Å². The topological polar surface area (TPSA) is 37.8 Å². The van der Waals surface area contributed by atoms with Crippen molar-refractivity contribution in [2.24, 2.45) is 0 Å². The Kier molecular flexibility index (Phi) is 6.08. The summed E-state index contributed by atoms with van der Waals surface area (Å²) in [7, 11) is 0. The molecular weight excluding hydrogens is 420 g/mol. The van der Waals surface area contributed by atoms with Gasteiger partial charge >= 0.3 is 0 Å². The number of aryl methyl sites for hydroxylation is 1. The van der Waals surface area contributed by atoms with E-state index in [9.17, 15) is 0 Å². The molecule has 0 aliphatic heterocycles. The monoisotopic (exact) mass is 435 g/mol. The van der Waals surface area contributed by atoms with Crippen LogP contribution in [0.2, 0.25) is 10.0 Å². The summed E-state index contributed by atoms with van der Waals surface area (Å²) in [6, 6.07) is 5.42. The van der Waals surface area contributed by atoms with Gasteiger partial charge in [0.1, 0.15) is 5.82 Å². The molecule has 1 heterocycles. The van der Waals surface area contributed by atoms with Crippen LogP contribution in [0.1, 0.15) is 26.0 Å². The summed E-state index contributed by atoms with van der Waals surface area (Å²) in [5, 5.41) is 4.47. The highest BCUT2D eigenvalue weighted by molar-refractivity contribution is 14.1. The van der Waals surface area contributed by atoms with Gasteiger partial charge in [-0.1, -0.05) is 43.1 Å². The second-order valence-corrected chi connectivity index (χ2v) is 6.43. The zero-order chi connectivity index (χ0) is 15.4. The van der Waals surface area contributed by atoms with Gasteiger partial charge in [0.15, 0.2) is 5.82 Å². The van der Waals surface area contributed by atoms with Crippen molar-refractivity contribution in [1.29, 1.82) is 0 Å². The van der Waals surface area contributed by atoms with E-state index in [0.717, 1.165) is 34.5 Å². The lowest BCUT2D eigenvalue weighted by Crippen LogP contribution is -2.09. The first-order valence-electron chi connectivity index (χ1n) is 6.83. The van der Waals surface area contributed by atoms with E-state index in [2.05, 4.69) is 51.7 Å². The van der Waals surface area contributed by atoms with Crippen molar-refractivity contribution in [2.45, 2.75) is 26.7 Å². The Balaban J connectivity index is 2.58. The first-order valence-corrected chi connectivity index (χ1v) is 8.66. The smallest absolute Gasteiger partial charge is 0.164 e. The highest BCUT2D eigenvalue weighted by Crippen LogP contribution is 2.34. The largest absolute Gasteiger partial charge is 0.369 e. The van der Waals surface area contributed by atoms with Gasteiger partial charge in [-0.3, -0.25) is 0 Å².